The fraction of sp³-hybridized carbons (Fsp3) is 0.286. The molecule has 1 N–H and O–H groups in total. The van der Waals surface area contributed by atoms with Gasteiger partial charge < -0.3 is 5.32 Å². The number of halogens is 1. The van der Waals surface area contributed by atoms with E-state index >= 15 is 0 Å². The van der Waals surface area contributed by atoms with Crippen molar-refractivity contribution in [3.8, 4) is 0 Å². The van der Waals surface area contributed by atoms with Crippen molar-refractivity contribution in [2.45, 2.75) is 0 Å². The van der Waals surface area contributed by atoms with E-state index in [1.807, 2.05) is 12.2 Å². The van der Waals surface area contributed by atoms with Crippen LogP contribution in [0.5, 0.6) is 0 Å². The highest BCUT2D eigenvalue weighted by atomic mass is 35.5. The van der Waals surface area contributed by atoms with E-state index in [1.54, 1.807) is 13.1 Å². The normalized spacial score (nSPS) is 16.2. The molecule has 0 bridgehead atoms. The molecular formula is C7H9ClN2O. The first-order valence-electron chi connectivity index (χ1n) is 3.27. The number of urea groups is 1. The van der Waals surface area contributed by atoms with Crippen LogP contribution in [0.1, 0.15) is 0 Å². The van der Waals surface area contributed by atoms with Crippen LogP contribution in [-0.2, 0) is 0 Å². The van der Waals surface area contributed by atoms with Gasteiger partial charge in [0.15, 0.2) is 0 Å². The lowest BCUT2D eigenvalue weighted by Gasteiger charge is -2.21. The van der Waals surface area contributed by atoms with Crippen LogP contribution in [0, 0.1) is 0 Å². The zero-order valence-electron chi connectivity index (χ0n) is 6.17. The Bertz CT molecular complexity index is 222. The quantitative estimate of drug-likeness (QED) is 0.549. The van der Waals surface area contributed by atoms with E-state index in [-0.39, 0.29) is 6.03 Å². The van der Waals surface area contributed by atoms with E-state index in [0.717, 1.165) is 0 Å². The summed E-state index contributed by atoms with van der Waals surface area (Å²) in [4.78, 5) is 12.5. The van der Waals surface area contributed by atoms with Crippen molar-refractivity contribution < 1.29 is 4.79 Å². The van der Waals surface area contributed by atoms with Crippen LogP contribution in [0.2, 0.25) is 0 Å². The lowest BCUT2D eigenvalue weighted by atomic mass is 10.3. The summed E-state index contributed by atoms with van der Waals surface area (Å²) >= 11 is 5.73. The molecule has 1 rings (SSSR count). The van der Waals surface area contributed by atoms with Gasteiger partial charge in [0.05, 0.1) is 0 Å². The molecule has 1 aliphatic rings. The molecule has 11 heavy (non-hydrogen) atoms. The summed E-state index contributed by atoms with van der Waals surface area (Å²) in [6.45, 7) is 0.537. The number of nitrogens with zero attached hydrogens (tertiary/aromatic N) is 1. The molecular weight excluding hydrogens is 164 g/mol. The van der Waals surface area contributed by atoms with E-state index in [4.69, 9.17) is 11.6 Å². The lowest BCUT2D eigenvalue weighted by molar-refractivity contribution is 0.219. The third-order valence-electron chi connectivity index (χ3n) is 1.37. The first-order chi connectivity index (χ1) is 5.25. The summed E-state index contributed by atoms with van der Waals surface area (Å²) in [7, 11) is 1.57. The van der Waals surface area contributed by atoms with Crippen LogP contribution < -0.4 is 5.32 Å². The van der Waals surface area contributed by atoms with Crippen LogP contribution in [-0.4, -0.2) is 24.5 Å². The van der Waals surface area contributed by atoms with Crippen LogP contribution in [0.15, 0.2) is 23.4 Å². The summed E-state index contributed by atoms with van der Waals surface area (Å²) < 4.78 is 0. The zero-order valence-corrected chi connectivity index (χ0v) is 6.93. The first kappa shape index (κ1) is 8.14. The van der Waals surface area contributed by atoms with E-state index in [2.05, 4.69) is 5.32 Å². The summed E-state index contributed by atoms with van der Waals surface area (Å²) in [6.07, 6.45) is 5.36. The van der Waals surface area contributed by atoms with Gasteiger partial charge in [-0.15, -0.1) is 0 Å². The Hall–Kier alpha value is -0.960. The van der Waals surface area contributed by atoms with Crippen molar-refractivity contribution in [2.75, 3.05) is 13.6 Å². The van der Waals surface area contributed by atoms with E-state index in [0.29, 0.717) is 11.7 Å². The van der Waals surface area contributed by atoms with Gasteiger partial charge in [-0.05, 0) is 6.08 Å². The summed E-state index contributed by atoms with van der Waals surface area (Å²) in [5.41, 5.74) is 0. The van der Waals surface area contributed by atoms with Crippen LogP contribution in [0.4, 0.5) is 4.79 Å². The Kier molecular flexibility index (Phi) is 2.54. The molecule has 1 heterocycles. The van der Waals surface area contributed by atoms with Gasteiger partial charge in [-0.2, -0.15) is 0 Å². The second-order valence-corrected chi connectivity index (χ2v) is 2.47. The number of carbonyl (C=O) groups excluding carboxylic acids is 1. The van der Waals surface area contributed by atoms with Gasteiger partial charge in [-0.3, -0.25) is 4.90 Å². The molecule has 0 unspecified atom stereocenters. The average molecular weight is 173 g/mol. The second kappa shape index (κ2) is 3.44. The molecule has 2 amide bonds. The SMILES string of the molecule is CNC(=O)N1CC=CC=C1Cl. The van der Waals surface area contributed by atoms with Gasteiger partial charge in [0.25, 0.3) is 0 Å². The molecule has 4 heteroatoms. The topological polar surface area (TPSA) is 32.3 Å². The molecule has 0 aromatic carbocycles. The minimum absolute atomic E-state index is 0.185. The van der Waals surface area contributed by atoms with Gasteiger partial charge in [0.2, 0.25) is 0 Å². The highest BCUT2D eigenvalue weighted by Crippen LogP contribution is 2.13. The molecule has 0 radical (unpaired) electrons. The van der Waals surface area contributed by atoms with E-state index < -0.39 is 0 Å². The Morgan fingerprint density at radius 3 is 3.09 bits per heavy atom. The van der Waals surface area contributed by atoms with Gasteiger partial charge in [0, 0.05) is 13.6 Å². The molecule has 1 aliphatic heterocycles. The van der Waals surface area contributed by atoms with E-state index in [9.17, 15) is 4.79 Å². The molecule has 0 aromatic heterocycles. The van der Waals surface area contributed by atoms with E-state index in [1.165, 1.54) is 4.90 Å². The molecule has 0 fully saturated rings. The van der Waals surface area contributed by atoms with Crippen LogP contribution >= 0.6 is 11.6 Å². The number of hydrogen-bond donors (Lipinski definition) is 1. The van der Waals surface area contributed by atoms with Crippen molar-refractivity contribution in [1.82, 2.24) is 10.2 Å². The number of hydrogen-bond acceptors (Lipinski definition) is 1. The standard InChI is InChI=1S/C7H9ClN2O/c1-9-7(11)10-5-3-2-4-6(10)8/h2-4H,5H2,1H3,(H,9,11). The van der Waals surface area contributed by atoms with Gasteiger partial charge in [0.1, 0.15) is 5.16 Å². The third-order valence-corrected chi connectivity index (χ3v) is 1.70. The smallest absolute Gasteiger partial charge is 0.322 e. The maximum Gasteiger partial charge on any atom is 0.322 e. The molecule has 0 aromatic rings. The third kappa shape index (κ3) is 1.74. The Morgan fingerprint density at radius 1 is 1.82 bits per heavy atom. The monoisotopic (exact) mass is 172 g/mol. The summed E-state index contributed by atoms with van der Waals surface area (Å²) in [5.74, 6) is 0. The van der Waals surface area contributed by atoms with Gasteiger partial charge >= 0.3 is 6.03 Å². The van der Waals surface area contributed by atoms with Gasteiger partial charge in [-0.25, -0.2) is 4.79 Å². The maximum absolute atomic E-state index is 11.0. The van der Waals surface area contributed by atoms with Crippen molar-refractivity contribution in [3.05, 3.63) is 23.4 Å². The summed E-state index contributed by atoms with van der Waals surface area (Å²) in [5, 5.41) is 2.94. The lowest BCUT2D eigenvalue weighted by Crippen LogP contribution is -2.36. The highest BCUT2D eigenvalue weighted by Gasteiger charge is 2.14. The average Bonchev–Trinajstić information content (AvgIpc) is 2.04. The molecule has 3 nitrogen and oxygen atoms in total. The minimum Gasteiger partial charge on any atom is -0.341 e. The van der Waals surface area contributed by atoms with Crippen molar-refractivity contribution in [2.24, 2.45) is 0 Å². The molecule has 0 saturated carbocycles. The van der Waals surface area contributed by atoms with Crippen molar-refractivity contribution in [1.29, 1.82) is 0 Å². The predicted octanol–water partition coefficient (Wildman–Crippen LogP) is 1.28. The highest BCUT2D eigenvalue weighted by molar-refractivity contribution is 6.30. The molecule has 0 aliphatic carbocycles. The van der Waals surface area contributed by atoms with Crippen LogP contribution in [0.3, 0.4) is 0 Å². The second-order valence-electron chi connectivity index (χ2n) is 2.08. The number of carbonyl (C=O) groups is 1. The van der Waals surface area contributed by atoms with Crippen molar-refractivity contribution in [3.63, 3.8) is 0 Å². The molecule has 0 spiro atoms. The minimum atomic E-state index is -0.185. The largest absolute Gasteiger partial charge is 0.341 e. The predicted molar refractivity (Wildman–Crippen MR) is 44.2 cm³/mol. The number of amides is 2. The molecule has 0 atom stereocenters. The Labute approximate surface area is 70.3 Å². The van der Waals surface area contributed by atoms with Gasteiger partial charge in [-0.1, -0.05) is 23.8 Å². The molecule has 60 valence electrons. The summed E-state index contributed by atoms with van der Waals surface area (Å²) in [6, 6.07) is -0.185. The fourth-order valence-corrected chi connectivity index (χ4v) is 1.02. The number of allylic oxidation sites excluding steroid dienone is 2. The first-order valence-corrected chi connectivity index (χ1v) is 3.65. The Balaban J connectivity index is 2.68. The number of rotatable bonds is 0. The fourth-order valence-electron chi connectivity index (χ4n) is 0.806. The number of nitrogens with one attached hydrogen (secondary N) is 1. The molecule has 0 saturated heterocycles. The maximum atomic E-state index is 11.0. The van der Waals surface area contributed by atoms with Crippen LogP contribution in [0.25, 0.3) is 0 Å². The Morgan fingerprint density at radius 2 is 2.55 bits per heavy atom. The zero-order chi connectivity index (χ0) is 8.27. The van der Waals surface area contributed by atoms with Crippen molar-refractivity contribution >= 4 is 17.6 Å².